The average molecular weight is 317 g/mol. The zero-order chi connectivity index (χ0) is 10.0. The van der Waals surface area contributed by atoms with E-state index in [4.69, 9.17) is 0 Å². The van der Waals surface area contributed by atoms with Crippen LogP contribution in [0.4, 0.5) is 8.78 Å². The Morgan fingerprint density at radius 2 is 2.15 bits per heavy atom. The molecule has 6 heteroatoms. The van der Waals surface area contributed by atoms with Gasteiger partial charge in [0.05, 0.1) is 10.2 Å². The molecular formula is C7H5Br2F2NO. The summed E-state index contributed by atoms with van der Waals surface area (Å²) < 4.78 is 24.7. The molecule has 0 saturated carbocycles. The van der Waals surface area contributed by atoms with E-state index in [2.05, 4.69) is 36.8 Å². The lowest BCUT2D eigenvalue weighted by Gasteiger charge is -2.03. The van der Waals surface area contributed by atoms with Gasteiger partial charge in [-0.2, -0.15) is 0 Å². The minimum atomic E-state index is -2.65. The van der Waals surface area contributed by atoms with Crippen LogP contribution in [0.25, 0.3) is 0 Å². The van der Waals surface area contributed by atoms with Crippen molar-refractivity contribution in [3.63, 3.8) is 0 Å². The summed E-state index contributed by atoms with van der Waals surface area (Å²) in [5, 5.41) is 0.358. The number of alkyl halides is 3. The van der Waals surface area contributed by atoms with Gasteiger partial charge in [0.15, 0.2) is 0 Å². The van der Waals surface area contributed by atoms with Crippen molar-refractivity contribution in [2.75, 3.05) is 0 Å². The molecule has 13 heavy (non-hydrogen) atoms. The van der Waals surface area contributed by atoms with Crippen molar-refractivity contribution in [2.45, 2.75) is 11.8 Å². The molecule has 0 aliphatic carbocycles. The van der Waals surface area contributed by atoms with Crippen LogP contribution in [0.1, 0.15) is 17.7 Å². The molecule has 0 fully saturated rings. The highest BCUT2D eigenvalue weighted by atomic mass is 79.9. The zero-order valence-electron chi connectivity index (χ0n) is 6.28. The van der Waals surface area contributed by atoms with Crippen LogP contribution in [-0.4, -0.2) is 4.98 Å². The second-order valence-electron chi connectivity index (χ2n) is 2.33. The van der Waals surface area contributed by atoms with E-state index in [1.54, 1.807) is 0 Å². The smallest absolute Gasteiger partial charge is 0.278 e. The van der Waals surface area contributed by atoms with Crippen LogP contribution < -0.4 is 5.56 Å². The van der Waals surface area contributed by atoms with Gasteiger partial charge in [-0.15, -0.1) is 0 Å². The van der Waals surface area contributed by atoms with Gasteiger partial charge in [-0.05, 0) is 27.6 Å². The second-order valence-corrected chi connectivity index (χ2v) is 3.68. The third kappa shape index (κ3) is 2.37. The zero-order valence-corrected chi connectivity index (χ0v) is 9.45. The predicted octanol–water partition coefficient (Wildman–Crippen LogP) is 2.97. The highest BCUT2D eigenvalue weighted by Gasteiger charge is 2.12. The van der Waals surface area contributed by atoms with E-state index in [1.807, 2.05) is 0 Å². The summed E-state index contributed by atoms with van der Waals surface area (Å²) >= 11 is 6.10. The molecule has 1 N–H and O–H groups in total. The number of aromatic nitrogens is 1. The average Bonchev–Trinajstić information content (AvgIpc) is 2.09. The molecule has 0 atom stereocenters. The summed E-state index contributed by atoms with van der Waals surface area (Å²) in [7, 11) is 0. The summed E-state index contributed by atoms with van der Waals surface area (Å²) in [6, 6.07) is 1.25. The second kappa shape index (κ2) is 4.32. The third-order valence-electron chi connectivity index (χ3n) is 1.45. The van der Waals surface area contributed by atoms with Gasteiger partial charge in [-0.1, -0.05) is 15.9 Å². The molecule has 1 aromatic rings. The summed E-state index contributed by atoms with van der Waals surface area (Å²) in [4.78, 5) is 13.1. The Kier molecular flexibility index (Phi) is 3.61. The standard InChI is InChI=1S/C7H5Br2F2NO/c8-2-3-1-4(6(10)11)12-7(13)5(3)9/h1,6H,2H2,(H,12,13). The largest absolute Gasteiger partial charge is 0.320 e. The van der Waals surface area contributed by atoms with Gasteiger partial charge < -0.3 is 4.98 Å². The molecule has 1 aromatic heterocycles. The van der Waals surface area contributed by atoms with Gasteiger partial charge in [0.1, 0.15) is 0 Å². The summed E-state index contributed by atoms with van der Waals surface area (Å²) in [6.07, 6.45) is -2.65. The molecule has 0 aliphatic rings. The molecule has 0 bridgehead atoms. The Morgan fingerprint density at radius 3 is 2.62 bits per heavy atom. The lowest BCUT2D eigenvalue weighted by atomic mass is 10.2. The summed E-state index contributed by atoms with van der Waals surface area (Å²) in [6.45, 7) is 0. The molecule has 0 aliphatic heterocycles. The highest BCUT2D eigenvalue weighted by Crippen LogP contribution is 2.21. The minimum Gasteiger partial charge on any atom is -0.320 e. The van der Waals surface area contributed by atoms with Crippen molar-refractivity contribution in [1.82, 2.24) is 4.98 Å². The maximum absolute atomic E-state index is 12.2. The number of pyridine rings is 1. The molecule has 72 valence electrons. The maximum Gasteiger partial charge on any atom is 0.278 e. The number of aromatic amines is 1. The first kappa shape index (κ1) is 10.8. The maximum atomic E-state index is 12.2. The van der Waals surface area contributed by atoms with Crippen molar-refractivity contribution in [3.05, 3.63) is 32.2 Å². The normalized spacial score (nSPS) is 10.8. The van der Waals surface area contributed by atoms with Crippen molar-refractivity contribution < 1.29 is 8.78 Å². The molecular weight excluding hydrogens is 312 g/mol. The lowest BCUT2D eigenvalue weighted by Crippen LogP contribution is -2.12. The molecule has 0 radical (unpaired) electrons. The fourth-order valence-corrected chi connectivity index (χ4v) is 2.01. The van der Waals surface area contributed by atoms with Crippen LogP contribution >= 0.6 is 31.9 Å². The van der Waals surface area contributed by atoms with E-state index < -0.39 is 12.0 Å². The first-order valence-electron chi connectivity index (χ1n) is 3.32. The van der Waals surface area contributed by atoms with E-state index in [1.165, 1.54) is 6.07 Å². The van der Waals surface area contributed by atoms with Gasteiger partial charge >= 0.3 is 0 Å². The predicted molar refractivity (Wildman–Crippen MR) is 52.4 cm³/mol. The van der Waals surface area contributed by atoms with E-state index in [-0.39, 0.29) is 10.2 Å². The molecule has 0 unspecified atom stereocenters. The van der Waals surface area contributed by atoms with Crippen LogP contribution in [0.15, 0.2) is 15.3 Å². The van der Waals surface area contributed by atoms with Crippen molar-refractivity contribution >= 4 is 31.9 Å². The monoisotopic (exact) mass is 315 g/mol. The molecule has 0 saturated heterocycles. The van der Waals surface area contributed by atoms with Crippen LogP contribution in [0.2, 0.25) is 0 Å². The Labute approximate surface area is 89.6 Å². The highest BCUT2D eigenvalue weighted by molar-refractivity contribution is 9.10. The van der Waals surface area contributed by atoms with Crippen LogP contribution in [-0.2, 0) is 5.33 Å². The third-order valence-corrected chi connectivity index (χ3v) is 2.92. The van der Waals surface area contributed by atoms with E-state index in [0.29, 0.717) is 10.9 Å². The lowest BCUT2D eigenvalue weighted by molar-refractivity contribution is 0.145. The van der Waals surface area contributed by atoms with Gasteiger partial charge in [-0.25, -0.2) is 8.78 Å². The molecule has 1 heterocycles. The Hall–Kier alpha value is -0.230. The van der Waals surface area contributed by atoms with E-state index in [9.17, 15) is 13.6 Å². The van der Waals surface area contributed by atoms with E-state index in [0.717, 1.165) is 0 Å². The SMILES string of the molecule is O=c1[nH]c(C(F)F)cc(CBr)c1Br. The van der Waals surface area contributed by atoms with Crippen molar-refractivity contribution in [2.24, 2.45) is 0 Å². The van der Waals surface area contributed by atoms with Crippen molar-refractivity contribution in [3.8, 4) is 0 Å². The number of nitrogens with one attached hydrogen (secondary N) is 1. The molecule has 1 rings (SSSR count). The number of hydrogen-bond acceptors (Lipinski definition) is 1. The fraction of sp³-hybridized carbons (Fsp3) is 0.286. The van der Waals surface area contributed by atoms with Crippen LogP contribution in [0.3, 0.4) is 0 Å². The topological polar surface area (TPSA) is 32.9 Å². The number of rotatable bonds is 2. The first-order chi connectivity index (χ1) is 6.06. The fourth-order valence-electron chi connectivity index (χ4n) is 0.834. The van der Waals surface area contributed by atoms with Gasteiger partial charge in [-0.3, -0.25) is 4.79 Å². The Morgan fingerprint density at radius 1 is 1.54 bits per heavy atom. The number of hydrogen-bond donors (Lipinski definition) is 1. The Bertz CT molecular complexity index is 364. The molecule has 0 spiro atoms. The van der Waals surface area contributed by atoms with Gasteiger partial charge in [0, 0.05) is 5.33 Å². The van der Waals surface area contributed by atoms with Gasteiger partial charge in [0.2, 0.25) is 0 Å². The molecule has 0 aromatic carbocycles. The molecule has 2 nitrogen and oxygen atoms in total. The van der Waals surface area contributed by atoms with Crippen LogP contribution in [0.5, 0.6) is 0 Å². The van der Waals surface area contributed by atoms with E-state index >= 15 is 0 Å². The quantitative estimate of drug-likeness (QED) is 0.836. The van der Waals surface area contributed by atoms with Crippen molar-refractivity contribution in [1.29, 1.82) is 0 Å². The first-order valence-corrected chi connectivity index (χ1v) is 5.23. The number of halogens is 4. The minimum absolute atomic E-state index is 0.286. The van der Waals surface area contributed by atoms with Gasteiger partial charge in [0.25, 0.3) is 12.0 Å². The summed E-state index contributed by atoms with van der Waals surface area (Å²) in [5.74, 6) is 0. The van der Waals surface area contributed by atoms with Crippen LogP contribution in [0, 0.1) is 0 Å². The molecule has 0 amide bonds. The number of H-pyrrole nitrogens is 1. The Balaban J connectivity index is 3.31. The summed E-state index contributed by atoms with van der Waals surface area (Å²) in [5.41, 5.74) is -0.381.